The van der Waals surface area contributed by atoms with Crippen LogP contribution in [0, 0.1) is 15.9 Å². The van der Waals surface area contributed by atoms with Crippen molar-refractivity contribution in [2.45, 2.75) is 18.6 Å². The van der Waals surface area contributed by atoms with Crippen LogP contribution < -0.4 is 14.8 Å². The van der Waals surface area contributed by atoms with Crippen molar-refractivity contribution in [2.75, 3.05) is 26.0 Å². The van der Waals surface area contributed by atoms with Crippen LogP contribution in [-0.4, -0.2) is 36.8 Å². The normalized spacial score (nSPS) is 10.4. The number of ether oxygens (including phenoxy) is 2. The Bertz CT molecular complexity index is 817. The number of nitro benzene ring substituents is 1. The van der Waals surface area contributed by atoms with Gasteiger partial charge in [0.25, 0.3) is 0 Å². The summed E-state index contributed by atoms with van der Waals surface area (Å²) in [5.74, 6) is 1.20. The van der Waals surface area contributed by atoms with E-state index in [2.05, 4.69) is 5.32 Å². The Balaban J connectivity index is 1.58. The monoisotopic (exact) mass is 422 g/mol. The summed E-state index contributed by atoms with van der Waals surface area (Å²) in [5.41, 5.74) is 0.672. The largest absolute Gasteiger partial charge is 0.494 e. The Hall–Kier alpha value is -2.81. The lowest BCUT2D eigenvalue weighted by Gasteiger charge is -2.08. The molecule has 1 amide bonds. The van der Waals surface area contributed by atoms with Crippen molar-refractivity contribution in [1.82, 2.24) is 5.32 Å². The molecule has 29 heavy (non-hydrogen) atoms. The highest BCUT2D eigenvalue weighted by Crippen LogP contribution is 2.28. The summed E-state index contributed by atoms with van der Waals surface area (Å²) in [7, 11) is 1.38. The second kappa shape index (κ2) is 11.9. The summed E-state index contributed by atoms with van der Waals surface area (Å²) in [5, 5.41) is 13.9. The molecule has 0 heterocycles. The molecule has 1 N–H and O–H groups in total. The zero-order valence-electron chi connectivity index (χ0n) is 16.1. The van der Waals surface area contributed by atoms with Crippen molar-refractivity contribution < 1.29 is 23.6 Å². The highest BCUT2D eigenvalue weighted by molar-refractivity contribution is 7.99. The van der Waals surface area contributed by atoms with E-state index < -0.39 is 4.92 Å². The second-order valence-corrected chi connectivity index (χ2v) is 7.10. The minimum Gasteiger partial charge on any atom is -0.494 e. The van der Waals surface area contributed by atoms with Crippen molar-refractivity contribution in [3.63, 3.8) is 0 Å². The molecule has 0 radical (unpaired) electrons. The number of nitrogens with zero attached hydrogens (tertiary/aromatic N) is 1. The second-order valence-electron chi connectivity index (χ2n) is 6.12. The number of amides is 1. The summed E-state index contributed by atoms with van der Waals surface area (Å²) < 4.78 is 23.2. The predicted molar refractivity (Wildman–Crippen MR) is 110 cm³/mol. The number of nitrogens with one attached hydrogen (secondary N) is 1. The summed E-state index contributed by atoms with van der Waals surface area (Å²) >= 11 is 1.38. The first kappa shape index (κ1) is 22.5. The third-order valence-electron chi connectivity index (χ3n) is 3.92. The maximum atomic E-state index is 12.8. The number of carbonyl (C=O) groups is 1. The van der Waals surface area contributed by atoms with Gasteiger partial charge >= 0.3 is 5.69 Å². The summed E-state index contributed by atoms with van der Waals surface area (Å²) in [4.78, 5) is 22.4. The van der Waals surface area contributed by atoms with Gasteiger partial charge in [-0.2, -0.15) is 0 Å². The topological polar surface area (TPSA) is 90.7 Å². The van der Waals surface area contributed by atoms with E-state index in [1.54, 1.807) is 24.3 Å². The van der Waals surface area contributed by atoms with Gasteiger partial charge < -0.3 is 14.8 Å². The molecule has 0 saturated heterocycles. The van der Waals surface area contributed by atoms with Gasteiger partial charge in [0, 0.05) is 18.4 Å². The van der Waals surface area contributed by atoms with Crippen LogP contribution in [0.3, 0.4) is 0 Å². The number of thioether (sulfide) groups is 1. The highest BCUT2D eigenvalue weighted by atomic mass is 32.2. The van der Waals surface area contributed by atoms with E-state index in [9.17, 15) is 19.3 Å². The average molecular weight is 422 g/mol. The first-order valence-corrected chi connectivity index (χ1v) is 10.2. The highest BCUT2D eigenvalue weighted by Gasteiger charge is 2.15. The maximum Gasteiger partial charge on any atom is 0.311 e. The van der Waals surface area contributed by atoms with E-state index in [-0.39, 0.29) is 28.9 Å². The molecule has 2 aromatic carbocycles. The van der Waals surface area contributed by atoms with Crippen LogP contribution in [0.1, 0.15) is 18.4 Å². The van der Waals surface area contributed by atoms with E-state index in [0.717, 1.165) is 18.4 Å². The standard InChI is InChI=1S/C20H23FN2O5S/c1-27-19-9-4-15(12-18(19)23(25)26)13-29-14-20(24)22-10-2-3-11-28-17-7-5-16(21)6-8-17/h4-9,12H,2-3,10-11,13-14H2,1H3,(H,22,24). The van der Waals surface area contributed by atoms with Crippen LogP contribution in [0.15, 0.2) is 42.5 Å². The van der Waals surface area contributed by atoms with Gasteiger partial charge in [-0.05, 0) is 48.7 Å². The Morgan fingerprint density at radius 1 is 1.21 bits per heavy atom. The van der Waals surface area contributed by atoms with Crippen LogP contribution in [0.25, 0.3) is 0 Å². The van der Waals surface area contributed by atoms with E-state index in [0.29, 0.717) is 24.7 Å². The number of halogens is 1. The first-order chi connectivity index (χ1) is 14.0. The lowest BCUT2D eigenvalue weighted by Crippen LogP contribution is -2.26. The van der Waals surface area contributed by atoms with Gasteiger partial charge in [0.1, 0.15) is 11.6 Å². The molecule has 0 saturated carbocycles. The lowest BCUT2D eigenvalue weighted by molar-refractivity contribution is -0.385. The quantitative estimate of drug-likeness (QED) is 0.316. The van der Waals surface area contributed by atoms with E-state index >= 15 is 0 Å². The zero-order chi connectivity index (χ0) is 21.1. The number of methoxy groups -OCH3 is 1. The number of rotatable bonds is 12. The SMILES string of the molecule is COc1ccc(CSCC(=O)NCCCCOc2ccc(F)cc2)cc1[N+](=O)[O-]. The Morgan fingerprint density at radius 2 is 1.97 bits per heavy atom. The fourth-order valence-electron chi connectivity index (χ4n) is 2.46. The Kier molecular flexibility index (Phi) is 9.23. The van der Waals surface area contributed by atoms with Crippen LogP contribution in [0.5, 0.6) is 11.5 Å². The number of unbranched alkanes of at least 4 members (excludes halogenated alkanes) is 1. The maximum absolute atomic E-state index is 12.8. The van der Waals surface area contributed by atoms with Crippen LogP contribution >= 0.6 is 11.8 Å². The average Bonchev–Trinajstić information content (AvgIpc) is 2.71. The minimum absolute atomic E-state index is 0.0853. The van der Waals surface area contributed by atoms with Gasteiger partial charge in [0.05, 0.1) is 24.4 Å². The summed E-state index contributed by atoms with van der Waals surface area (Å²) in [6.45, 7) is 1.03. The molecule has 0 aliphatic heterocycles. The number of hydrogen-bond acceptors (Lipinski definition) is 6. The van der Waals surface area contributed by atoms with Gasteiger partial charge in [-0.1, -0.05) is 6.07 Å². The van der Waals surface area contributed by atoms with Crippen molar-refractivity contribution >= 4 is 23.4 Å². The molecule has 156 valence electrons. The van der Waals surface area contributed by atoms with E-state index in [1.807, 2.05) is 0 Å². The summed E-state index contributed by atoms with van der Waals surface area (Å²) in [6, 6.07) is 10.6. The molecular formula is C20H23FN2O5S. The predicted octanol–water partition coefficient (Wildman–Crippen LogP) is 3.95. The van der Waals surface area contributed by atoms with Gasteiger partial charge in [-0.25, -0.2) is 4.39 Å². The molecule has 7 nitrogen and oxygen atoms in total. The third kappa shape index (κ3) is 7.98. The van der Waals surface area contributed by atoms with Gasteiger partial charge in [-0.3, -0.25) is 14.9 Å². The first-order valence-electron chi connectivity index (χ1n) is 9.03. The molecule has 9 heteroatoms. The number of benzene rings is 2. The molecule has 0 unspecified atom stereocenters. The van der Waals surface area contributed by atoms with Gasteiger partial charge in [0.15, 0.2) is 5.75 Å². The van der Waals surface area contributed by atoms with Crippen molar-refractivity contribution in [3.05, 3.63) is 64.0 Å². The molecule has 0 aromatic heterocycles. The van der Waals surface area contributed by atoms with Gasteiger partial charge in [-0.15, -0.1) is 11.8 Å². The summed E-state index contributed by atoms with van der Waals surface area (Å²) in [6.07, 6.45) is 1.53. The van der Waals surface area contributed by atoms with Crippen LogP contribution in [0.2, 0.25) is 0 Å². The fourth-order valence-corrected chi connectivity index (χ4v) is 3.26. The van der Waals surface area contributed by atoms with Crippen molar-refractivity contribution in [3.8, 4) is 11.5 Å². The number of nitro groups is 1. The lowest BCUT2D eigenvalue weighted by atomic mass is 10.2. The molecule has 0 spiro atoms. The molecule has 0 atom stereocenters. The van der Waals surface area contributed by atoms with Crippen LogP contribution in [0.4, 0.5) is 10.1 Å². The molecular weight excluding hydrogens is 399 g/mol. The van der Waals surface area contributed by atoms with E-state index in [1.165, 1.54) is 37.1 Å². The van der Waals surface area contributed by atoms with Crippen molar-refractivity contribution in [2.24, 2.45) is 0 Å². The number of hydrogen-bond donors (Lipinski definition) is 1. The minimum atomic E-state index is -0.487. The molecule has 0 aliphatic carbocycles. The molecule has 0 fully saturated rings. The Labute approximate surface area is 172 Å². The zero-order valence-corrected chi connectivity index (χ0v) is 16.9. The Morgan fingerprint density at radius 3 is 2.66 bits per heavy atom. The fraction of sp³-hybridized carbons (Fsp3) is 0.350. The van der Waals surface area contributed by atoms with Crippen LogP contribution in [-0.2, 0) is 10.5 Å². The van der Waals surface area contributed by atoms with Gasteiger partial charge in [0.2, 0.25) is 5.91 Å². The van der Waals surface area contributed by atoms with E-state index in [4.69, 9.17) is 9.47 Å². The van der Waals surface area contributed by atoms with Crippen molar-refractivity contribution in [1.29, 1.82) is 0 Å². The molecule has 0 aliphatic rings. The smallest absolute Gasteiger partial charge is 0.311 e. The molecule has 2 rings (SSSR count). The number of carbonyl (C=O) groups excluding carboxylic acids is 1. The third-order valence-corrected chi connectivity index (χ3v) is 4.92. The molecule has 0 bridgehead atoms. The molecule has 2 aromatic rings.